The van der Waals surface area contributed by atoms with Crippen molar-refractivity contribution in [3.8, 4) is 0 Å². The molecule has 0 saturated heterocycles. The summed E-state index contributed by atoms with van der Waals surface area (Å²) in [5, 5.41) is 12.0. The van der Waals surface area contributed by atoms with E-state index < -0.39 is 0 Å². The van der Waals surface area contributed by atoms with Crippen molar-refractivity contribution in [2.45, 2.75) is 0 Å². The molecule has 1 aromatic carbocycles. The van der Waals surface area contributed by atoms with Crippen molar-refractivity contribution >= 4 is 29.4 Å². The second-order valence-electron chi connectivity index (χ2n) is 1.88. The van der Waals surface area contributed by atoms with Crippen molar-refractivity contribution in [1.82, 2.24) is 0 Å². The predicted octanol–water partition coefficient (Wildman–Crippen LogP) is 2.80. The number of nitrogens with zero attached hydrogens (tertiary/aromatic N) is 1. The lowest BCUT2D eigenvalue weighted by Crippen LogP contribution is -1.83. The number of hydrogen-bond donors (Lipinski definition) is 1. The topological polar surface area (TPSA) is 32.6 Å². The van der Waals surface area contributed by atoms with Crippen LogP contribution in [0.25, 0.3) is 0 Å². The van der Waals surface area contributed by atoms with Crippen LogP contribution in [0.15, 0.2) is 23.4 Å². The Morgan fingerprint density at radius 1 is 1.27 bits per heavy atom. The van der Waals surface area contributed by atoms with Crippen LogP contribution in [0.1, 0.15) is 5.56 Å². The summed E-state index contributed by atoms with van der Waals surface area (Å²) in [6, 6.07) is 5.06. The minimum Gasteiger partial charge on any atom is -0.411 e. The summed E-state index contributed by atoms with van der Waals surface area (Å²) in [6.07, 6.45) is 1.20. The van der Waals surface area contributed by atoms with Crippen LogP contribution >= 0.6 is 23.2 Å². The summed E-state index contributed by atoms with van der Waals surface area (Å²) in [5.41, 5.74) is 0.526. The van der Waals surface area contributed by atoms with Gasteiger partial charge in [-0.3, -0.25) is 0 Å². The lowest BCUT2D eigenvalue weighted by Gasteiger charge is -1.97. The summed E-state index contributed by atoms with van der Waals surface area (Å²) in [6.45, 7) is 0. The number of halogens is 2. The van der Waals surface area contributed by atoms with Gasteiger partial charge in [0.15, 0.2) is 0 Å². The molecular formula is C7H5Cl2NO. The Labute approximate surface area is 74.0 Å². The van der Waals surface area contributed by atoms with Gasteiger partial charge < -0.3 is 5.21 Å². The van der Waals surface area contributed by atoms with E-state index in [1.807, 2.05) is 0 Å². The van der Waals surface area contributed by atoms with E-state index in [0.29, 0.717) is 15.6 Å². The van der Waals surface area contributed by atoms with Crippen LogP contribution in [-0.4, -0.2) is 11.4 Å². The van der Waals surface area contributed by atoms with Crippen molar-refractivity contribution in [2.24, 2.45) is 5.16 Å². The second-order valence-corrected chi connectivity index (χ2v) is 2.69. The molecular weight excluding hydrogens is 185 g/mol. The summed E-state index contributed by atoms with van der Waals surface area (Å²) >= 11 is 11.4. The third-order valence-corrected chi connectivity index (χ3v) is 1.85. The van der Waals surface area contributed by atoms with Gasteiger partial charge in [-0.1, -0.05) is 34.4 Å². The molecule has 0 spiro atoms. The molecule has 58 valence electrons. The van der Waals surface area contributed by atoms with Crippen LogP contribution in [0, 0.1) is 0 Å². The summed E-state index contributed by atoms with van der Waals surface area (Å²) in [5.74, 6) is 0. The van der Waals surface area contributed by atoms with Gasteiger partial charge >= 0.3 is 0 Å². The molecule has 1 aromatic rings. The Morgan fingerprint density at radius 3 is 2.27 bits per heavy atom. The Hall–Kier alpha value is -0.730. The van der Waals surface area contributed by atoms with Crippen molar-refractivity contribution in [1.29, 1.82) is 0 Å². The largest absolute Gasteiger partial charge is 0.411 e. The molecule has 0 saturated carbocycles. The first kappa shape index (κ1) is 8.37. The fourth-order valence-corrected chi connectivity index (χ4v) is 1.19. The molecule has 2 nitrogen and oxygen atoms in total. The molecule has 0 fully saturated rings. The highest BCUT2D eigenvalue weighted by atomic mass is 35.5. The first-order chi connectivity index (χ1) is 5.25. The molecule has 4 heteroatoms. The maximum absolute atomic E-state index is 8.22. The van der Waals surface area contributed by atoms with Crippen molar-refractivity contribution in [2.75, 3.05) is 0 Å². The number of rotatable bonds is 1. The molecule has 11 heavy (non-hydrogen) atoms. The van der Waals surface area contributed by atoms with Gasteiger partial charge in [-0.05, 0) is 12.1 Å². The Balaban J connectivity index is 3.20. The molecule has 1 rings (SSSR count). The zero-order chi connectivity index (χ0) is 8.27. The monoisotopic (exact) mass is 189 g/mol. The van der Waals surface area contributed by atoms with E-state index in [9.17, 15) is 0 Å². The zero-order valence-corrected chi connectivity index (χ0v) is 6.97. The highest BCUT2D eigenvalue weighted by molar-refractivity contribution is 6.38. The fraction of sp³-hybridized carbons (Fsp3) is 0. The van der Waals surface area contributed by atoms with Crippen molar-refractivity contribution in [3.63, 3.8) is 0 Å². The number of oxime groups is 1. The standard InChI is InChI=1S/C7H5Cl2NO/c8-6-2-1-3-7(9)5(6)4-10-11/h1-4,11H/b10-4+. The smallest absolute Gasteiger partial charge is 0.0763 e. The Kier molecular flexibility index (Phi) is 2.74. The predicted molar refractivity (Wildman–Crippen MR) is 45.8 cm³/mol. The van der Waals surface area contributed by atoms with Gasteiger partial charge in [0.1, 0.15) is 0 Å². The SMILES string of the molecule is O/N=C/c1c(Cl)cccc1Cl. The second kappa shape index (κ2) is 3.60. The molecule has 1 N–H and O–H groups in total. The molecule has 0 aromatic heterocycles. The van der Waals surface area contributed by atoms with Gasteiger partial charge in [0, 0.05) is 5.56 Å². The molecule has 0 heterocycles. The van der Waals surface area contributed by atoms with E-state index in [1.165, 1.54) is 6.21 Å². The van der Waals surface area contributed by atoms with E-state index in [2.05, 4.69) is 5.16 Å². The van der Waals surface area contributed by atoms with E-state index in [4.69, 9.17) is 28.4 Å². The van der Waals surface area contributed by atoms with Crippen molar-refractivity contribution < 1.29 is 5.21 Å². The zero-order valence-electron chi connectivity index (χ0n) is 5.46. The normalized spacial score (nSPS) is 10.7. The number of hydrogen-bond acceptors (Lipinski definition) is 2. The molecule has 0 atom stereocenters. The van der Waals surface area contributed by atoms with Gasteiger partial charge in [-0.15, -0.1) is 0 Å². The van der Waals surface area contributed by atoms with Crippen molar-refractivity contribution in [3.05, 3.63) is 33.8 Å². The molecule has 0 unspecified atom stereocenters. The minimum atomic E-state index is 0.468. The van der Waals surface area contributed by atoms with Crippen LogP contribution in [0.4, 0.5) is 0 Å². The van der Waals surface area contributed by atoms with E-state index in [1.54, 1.807) is 18.2 Å². The molecule has 0 aliphatic heterocycles. The lowest BCUT2D eigenvalue weighted by molar-refractivity contribution is 0.322. The first-order valence-corrected chi connectivity index (χ1v) is 3.62. The fourth-order valence-electron chi connectivity index (χ4n) is 0.692. The van der Waals surface area contributed by atoms with Crippen LogP contribution in [0.5, 0.6) is 0 Å². The van der Waals surface area contributed by atoms with Crippen LogP contribution in [0.3, 0.4) is 0 Å². The van der Waals surface area contributed by atoms with Crippen LogP contribution < -0.4 is 0 Å². The molecule has 0 amide bonds. The molecule has 0 aliphatic rings. The van der Waals surface area contributed by atoms with Crippen LogP contribution in [-0.2, 0) is 0 Å². The van der Waals surface area contributed by atoms with Gasteiger partial charge in [-0.25, -0.2) is 0 Å². The van der Waals surface area contributed by atoms with Gasteiger partial charge in [-0.2, -0.15) is 0 Å². The third-order valence-electron chi connectivity index (χ3n) is 1.19. The summed E-state index contributed by atoms with van der Waals surface area (Å²) in [7, 11) is 0. The summed E-state index contributed by atoms with van der Waals surface area (Å²) in [4.78, 5) is 0. The Morgan fingerprint density at radius 2 is 1.82 bits per heavy atom. The quantitative estimate of drug-likeness (QED) is 0.412. The number of benzene rings is 1. The van der Waals surface area contributed by atoms with E-state index >= 15 is 0 Å². The maximum Gasteiger partial charge on any atom is 0.0763 e. The van der Waals surface area contributed by atoms with Gasteiger partial charge in [0.05, 0.1) is 16.3 Å². The Bertz CT molecular complexity index is 266. The molecule has 0 radical (unpaired) electrons. The molecule has 0 aliphatic carbocycles. The molecule has 0 bridgehead atoms. The average Bonchev–Trinajstić information content (AvgIpc) is 1.97. The van der Waals surface area contributed by atoms with Gasteiger partial charge in [0.25, 0.3) is 0 Å². The maximum atomic E-state index is 8.22. The van der Waals surface area contributed by atoms with Crippen LogP contribution in [0.2, 0.25) is 10.0 Å². The summed E-state index contributed by atoms with van der Waals surface area (Å²) < 4.78 is 0. The first-order valence-electron chi connectivity index (χ1n) is 2.87. The average molecular weight is 190 g/mol. The highest BCUT2D eigenvalue weighted by Crippen LogP contribution is 2.21. The highest BCUT2D eigenvalue weighted by Gasteiger charge is 2.00. The third kappa shape index (κ3) is 1.85. The lowest BCUT2D eigenvalue weighted by atomic mass is 10.2. The van der Waals surface area contributed by atoms with E-state index in [-0.39, 0.29) is 0 Å². The minimum absolute atomic E-state index is 0.468. The van der Waals surface area contributed by atoms with Gasteiger partial charge in [0.2, 0.25) is 0 Å². The van der Waals surface area contributed by atoms with E-state index in [0.717, 1.165) is 0 Å².